The quantitative estimate of drug-likeness (QED) is 0.844. The van der Waals surface area contributed by atoms with Crippen LogP contribution in [-0.2, 0) is 23.1 Å². The maximum absolute atomic E-state index is 11.9. The molecule has 6 heteroatoms. The Bertz CT molecular complexity index is 674. The lowest BCUT2D eigenvalue weighted by Gasteiger charge is -2.10. The van der Waals surface area contributed by atoms with E-state index in [2.05, 4.69) is 15.5 Å². The summed E-state index contributed by atoms with van der Waals surface area (Å²) in [5.74, 6) is 1.97. The number of benzene rings is 1. The second kappa shape index (κ2) is 7.95. The maximum atomic E-state index is 11.9. The molecule has 1 heterocycles. The van der Waals surface area contributed by atoms with Crippen molar-refractivity contribution < 1.29 is 14.1 Å². The predicted octanol–water partition coefficient (Wildman–Crippen LogP) is 2.67. The van der Waals surface area contributed by atoms with Crippen molar-refractivity contribution in [2.75, 3.05) is 13.7 Å². The standard InChI is InChI=1S/C18H25N3O3/c1-18(2,3)17-20-16(24-21-17)10-9-15(22)19-12-11-13-7-5-6-8-14(13)23-4/h5-8H,9-12H2,1-4H3,(H,19,22). The highest BCUT2D eigenvalue weighted by atomic mass is 16.5. The van der Waals surface area contributed by atoms with Crippen LogP contribution in [-0.4, -0.2) is 29.7 Å². The smallest absolute Gasteiger partial charge is 0.227 e. The fourth-order valence-electron chi connectivity index (χ4n) is 2.22. The van der Waals surface area contributed by atoms with Crippen molar-refractivity contribution in [1.29, 1.82) is 0 Å². The lowest BCUT2D eigenvalue weighted by molar-refractivity contribution is -0.121. The number of methoxy groups -OCH3 is 1. The minimum absolute atomic E-state index is 0.0274. The zero-order valence-electron chi connectivity index (χ0n) is 14.8. The number of rotatable bonds is 7. The first kappa shape index (κ1) is 18.0. The van der Waals surface area contributed by atoms with Crippen LogP contribution in [0.5, 0.6) is 5.75 Å². The summed E-state index contributed by atoms with van der Waals surface area (Å²) in [7, 11) is 1.65. The first-order valence-corrected chi connectivity index (χ1v) is 8.12. The van der Waals surface area contributed by atoms with E-state index in [1.165, 1.54) is 0 Å². The Kier molecular flexibility index (Phi) is 5.95. The first-order valence-electron chi connectivity index (χ1n) is 8.12. The van der Waals surface area contributed by atoms with Gasteiger partial charge in [0.25, 0.3) is 0 Å². The first-order chi connectivity index (χ1) is 11.4. The Hall–Kier alpha value is -2.37. The van der Waals surface area contributed by atoms with E-state index in [9.17, 15) is 4.79 Å². The van der Waals surface area contributed by atoms with Crippen LogP contribution in [0.2, 0.25) is 0 Å². The predicted molar refractivity (Wildman–Crippen MR) is 91.0 cm³/mol. The number of hydrogen-bond donors (Lipinski definition) is 1. The number of aromatic nitrogens is 2. The van der Waals surface area contributed by atoms with Crippen molar-refractivity contribution in [3.8, 4) is 5.75 Å². The Balaban J connectivity index is 1.75. The lowest BCUT2D eigenvalue weighted by atomic mass is 9.96. The van der Waals surface area contributed by atoms with Crippen LogP contribution in [0.15, 0.2) is 28.8 Å². The molecule has 0 radical (unpaired) electrons. The van der Waals surface area contributed by atoms with Crippen molar-refractivity contribution in [3.63, 3.8) is 0 Å². The molecule has 2 aromatic rings. The van der Waals surface area contributed by atoms with Crippen molar-refractivity contribution in [1.82, 2.24) is 15.5 Å². The Morgan fingerprint density at radius 3 is 2.67 bits per heavy atom. The van der Waals surface area contributed by atoms with Gasteiger partial charge >= 0.3 is 0 Å². The summed E-state index contributed by atoms with van der Waals surface area (Å²) < 4.78 is 10.5. The summed E-state index contributed by atoms with van der Waals surface area (Å²) in [6, 6.07) is 7.80. The van der Waals surface area contributed by atoms with Gasteiger partial charge in [-0.05, 0) is 18.1 Å². The number of aryl methyl sites for hydroxylation is 1. The van der Waals surface area contributed by atoms with Gasteiger partial charge in [-0.25, -0.2) is 0 Å². The van der Waals surface area contributed by atoms with Crippen LogP contribution in [0, 0.1) is 0 Å². The molecule has 0 aliphatic rings. The van der Waals surface area contributed by atoms with E-state index < -0.39 is 0 Å². The van der Waals surface area contributed by atoms with Gasteiger partial charge < -0.3 is 14.6 Å². The highest BCUT2D eigenvalue weighted by Gasteiger charge is 2.21. The molecule has 130 valence electrons. The fourth-order valence-corrected chi connectivity index (χ4v) is 2.22. The van der Waals surface area contributed by atoms with E-state index in [4.69, 9.17) is 9.26 Å². The Morgan fingerprint density at radius 1 is 1.25 bits per heavy atom. The minimum Gasteiger partial charge on any atom is -0.496 e. The van der Waals surface area contributed by atoms with E-state index in [-0.39, 0.29) is 11.3 Å². The van der Waals surface area contributed by atoms with Gasteiger partial charge in [0.1, 0.15) is 5.75 Å². The van der Waals surface area contributed by atoms with Crippen molar-refractivity contribution in [3.05, 3.63) is 41.5 Å². The third-order valence-corrected chi connectivity index (χ3v) is 3.61. The van der Waals surface area contributed by atoms with Crippen LogP contribution < -0.4 is 10.1 Å². The minimum atomic E-state index is -0.154. The van der Waals surface area contributed by atoms with E-state index in [1.807, 2.05) is 45.0 Å². The van der Waals surface area contributed by atoms with Crippen LogP contribution in [0.1, 0.15) is 44.5 Å². The van der Waals surface area contributed by atoms with E-state index in [0.717, 1.165) is 17.7 Å². The fraction of sp³-hybridized carbons (Fsp3) is 0.500. The largest absolute Gasteiger partial charge is 0.496 e. The van der Waals surface area contributed by atoms with Crippen LogP contribution >= 0.6 is 0 Å². The monoisotopic (exact) mass is 331 g/mol. The highest BCUT2D eigenvalue weighted by Crippen LogP contribution is 2.19. The molecule has 1 aromatic carbocycles. The number of hydrogen-bond acceptors (Lipinski definition) is 5. The molecule has 0 unspecified atom stereocenters. The average Bonchev–Trinajstić information content (AvgIpc) is 3.02. The Morgan fingerprint density at radius 2 is 2.00 bits per heavy atom. The molecule has 0 saturated heterocycles. The van der Waals surface area contributed by atoms with Crippen molar-refractivity contribution >= 4 is 5.91 Å². The maximum Gasteiger partial charge on any atom is 0.227 e. The molecule has 0 saturated carbocycles. The van der Waals surface area contributed by atoms with E-state index in [0.29, 0.717) is 31.1 Å². The molecule has 0 fully saturated rings. The summed E-state index contributed by atoms with van der Waals surface area (Å²) in [5.41, 5.74) is 0.922. The highest BCUT2D eigenvalue weighted by molar-refractivity contribution is 5.76. The average molecular weight is 331 g/mol. The molecular formula is C18H25N3O3. The van der Waals surface area contributed by atoms with Gasteiger partial charge in [0.15, 0.2) is 5.82 Å². The number of para-hydroxylation sites is 1. The van der Waals surface area contributed by atoms with Crippen LogP contribution in [0.4, 0.5) is 0 Å². The molecule has 1 N–H and O–H groups in total. The van der Waals surface area contributed by atoms with E-state index >= 15 is 0 Å². The van der Waals surface area contributed by atoms with Gasteiger partial charge in [0, 0.05) is 24.8 Å². The summed E-state index contributed by atoms with van der Waals surface area (Å²) in [6.07, 6.45) is 1.51. The SMILES string of the molecule is COc1ccccc1CCNC(=O)CCc1nc(C(C)(C)C)no1. The van der Waals surface area contributed by atoms with Gasteiger partial charge in [0.2, 0.25) is 11.8 Å². The molecule has 6 nitrogen and oxygen atoms in total. The number of amides is 1. The Labute approximate surface area is 142 Å². The third-order valence-electron chi connectivity index (χ3n) is 3.61. The molecule has 24 heavy (non-hydrogen) atoms. The van der Waals surface area contributed by atoms with Gasteiger partial charge in [0.05, 0.1) is 7.11 Å². The third kappa shape index (κ3) is 5.08. The number of carbonyl (C=O) groups is 1. The van der Waals surface area contributed by atoms with Crippen LogP contribution in [0.3, 0.4) is 0 Å². The van der Waals surface area contributed by atoms with Gasteiger partial charge in [-0.3, -0.25) is 4.79 Å². The molecule has 0 aliphatic carbocycles. The molecule has 0 bridgehead atoms. The molecular weight excluding hydrogens is 306 g/mol. The second-order valence-corrected chi connectivity index (χ2v) is 6.67. The summed E-state index contributed by atoms with van der Waals surface area (Å²) in [5, 5.41) is 6.86. The van der Waals surface area contributed by atoms with Gasteiger partial charge in [-0.15, -0.1) is 0 Å². The van der Waals surface area contributed by atoms with Crippen LogP contribution in [0.25, 0.3) is 0 Å². The van der Waals surface area contributed by atoms with Gasteiger partial charge in [-0.2, -0.15) is 4.98 Å². The number of nitrogens with zero attached hydrogens (tertiary/aromatic N) is 2. The molecule has 1 aromatic heterocycles. The topological polar surface area (TPSA) is 77.2 Å². The molecule has 0 spiro atoms. The number of carbonyl (C=O) groups excluding carboxylic acids is 1. The summed E-state index contributed by atoms with van der Waals surface area (Å²) in [6.45, 7) is 6.63. The molecule has 0 aliphatic heterocycles. The normalized spacial score (nSPS) is 11.3. The summed E-state index contributed by atoms with van der Waals surface area (Å²) in [4.78, 5) is 16.3. The zero-order valence-corrected chi connectivity index (χ0v) is 14.8. The summed E-state index contributed by atoms with van der Waals surface area (Å²) >= 11 is 0. The lowest BCUT2D eigenvalue weighted by Crippen LogP contribution is -2.26. The second-order valence-electron chi connectivity index (χ2n) is 6.67. The zero-order chi connectivity index (χ0) is 17.6. The van der Waals surface area contributed by atoms with Gasteiger partial charge in [-0.1, -0.05) is 44.1 Å². The van der Waals surface area contributed by atoms with Crippen molar-refractivity contribution in [2.45, 2.75) is 45.4 Å². The molecule has 1 amide bonds. The van der Waals surface area contributed by atoms with Crippen molar-refractivity contribution in [2.24, 2.45) is 0 Å². The number of nitrogens with one attached hydrogen (secondary N) is 1. The molecule has 0 atom stereocenters. The number of ether oxygens (including phenoxy) is 1. The van der Waals surface area contributed by atoms with E-state index in [1.54, 1.807) is 7.11 Å². The molecule has 2 rings (SSSR count).